The third-order valence-electron chi connectivity index (χ3n) is 6.20. The van der Waals surface area contributed by atoms with E-state index < -0.39 is 0 Å². The fraction of sp³-hybridized carbons (Fsp3) is 0.667. The largest absolute Gasteiger partial charge is 0.492 e. The van der Waals surface area contributed by atoms with Crippen LogP contribution in [-0.4, -0.2) is 51.3 Å². The first-order valence-electron chi connectivity index (χ1n) is 11.8. The van der Waals surface area contributed by atoms with E-state index in [9.17, 15) is 4.79 Å². The van der Waals surface area contributed by atoms with Gasteiger partial charge in [0.1, 0.15) is 12.4 Å². The van der Waals surface area contributed by atoms with Crippen LogP contribution < -0.4 is 20.7 Å². The molecule has 7 nitrogen and oxygen atoms in total. The number of nitrogens with zero attached hydrogens (tertiary/aromatic N) is 1. The predicted octanol–water partition coefficient (Wildman–Crippen LogP) is 4.11. The normalized spacial score (nSPS) is 17.2. The first kappa shape index (κ1) is 26.7. The second-order valence-corrected chi connectivity index (χ2v) is 8.49. The molecule has 2 aliphatic rings. The fourth-order valence-electron chi connectivity index (χ4n) is 4.42. The van der Waals surface area contributed by atoms with E-state index in [-0.39, 0.29) is 35.3 Å². The number of carbonyl (C=O) groups excluding carboxylic acids is 1. The van der Waals surface area contributed by atoms with Crippen LogP contribution in [0.15, 0.2) is 23.2 Å². The Balaban J connectivity index is 0.00000363. The molecule has 3 N–H and O–H groups in total. The molecular formula is C24H39IN4O3. The van der Waals surface area contributed by atoms with Gasteiger partial charge in [-0.3, -0.25) is 9.79 Å². The van der Waals surface area contributed by atoms with Crippen molar-refractivity contribution in [3.8, 4) is 5.75 Å². The lowest BCUT2D eigenvalue weighted by atomic mass is 9.83. The van der Waals surface area contributed by atoms with Crippen molar-refractivity contribution in [2.24, 2.45) is 10.4 Å². The van der Waals surface area contributed by atoms with Gasteiger partial charge in [-0.05, 0) is 68.7 Å². The summed E-state index contributed by atoms with van der Waals surface area (Å²) >= 11 is 0. The Bertz CT molecular complexity index is 751. The number of benzene rings is 1. The highest BCUT2D eigenvalue weighted by molar-refractivity contribution is 14.0. The standard InChI is InChI=1S/C24H38N4O3.HI/c1-3-25-23(27-18-24(11-5-6-12-24)13-15-30-4-2)26-14-16-31-20-8-9-21-19(17-20)7-10-22(29)28-21;/h8-9,17H,3-7,10-16,18H2,1-2H3,(H,28,29)(H2,25,26,27);1H. The predicted molar refractivity (Wildman–Crippen MR) is 140 cm³/mol. The molecule has 0 aromatic heterocycles. The highest BCUT2D eigenvalue weighted by Gasteiger charge is 2.33. The molecule has 0 unspecified atom stereocenters. The highest BCUT2D eigenvalue weighted by atomic mass is 127. The van der Waals surface area contributed by atoms with Crippen LogP contribution in [0.5, 0.6) is 5.75 Å². The smallest absolute Gasteiger partial charge is 0.224 e. The summed E-state index contributed by atoms with van der Waals surface area (Å²) in [5.41, 5.74) is 2.31. The quantitative estimate of drug-likeness (QED) is 0.165. The van der Waals surface area contributed by atoms with E-state index >= 15 is 0 Å². The Morgan fingerprint density at radius 2 is 1.97 bits per heavy atom. The lowest BCUT2D eigenvalue weighted by molar-refractivity contribution is -0.116. The van der Waals surface area contributed by atoms with Crippen LogP contribution >= 0.6 is 24.0 Å². The first-order chi connectivity index (χ1) is 15.1. The van der Waals surface area contributed by atoms with Crippen molar-refractivity contribution in [3.63, 3.8) is 0 Å². The SMILES string of the molecule is CCNC(=NCC1(CCOCC)CCCC1)NCCOc1ccc2c(c1)CCC(=O)N2.I. The van der Waals surface area contributed by atoms with Crippen molar-refractivity contribution in [1.29, 1.82) is 0 Å². The van der Waals surface area contributed by atoms with Crippen LogP contribution in [0.2, 0.25) is 0 Å². The topological polar surface area (TPSA) is 84.0 Å². The molecular weight excluding hydrogens is 519 g/mol. The maximum absolute atomic E-state index is 11.5. The number of rotatable bonds is 11. The average molecular weight is 559 g/mol. The van der Waals surface area contributed by atoms with Gasteiger partial charge < -0.3 is 25.4 Å². The minimum Gasteiger partial charge on any atom is -0.492 e. The van der Waals surface area contributed by atoms with E-state index in [0.717, 1.165) is 62.1 Å². The summed E-state index contributed by atoms with van der Waals surface area (Å²) in [5.74, 6) is 1.76. The Morgan fingerprint density at radius 3 is 2.72 bits per heavy atom. The van der Waals surface area contributed by atoms with Gasteiger partial charge in [-0.15, -0.1) is 24.0 Å². The third kappa shape index (κ3) is 8.10. The molecule has 1 heterocycles. The zero-order valence-electron chi connectivity index (χ0n) is 19.5. The Hall–Kier alpha value is -1.55. The number of fused-ring (bicyclic) bond motifs is 1. The summed E-state index contributed by atoms with van der Waals surface area (Å²) in [6, 6.07) is 5.85. The van der Waals surface area contributed by atoms with Gasteiger partial charge in [0.25, 0.3) is 0 Å². The number of guanidine groups is 1. The molecule has 0 saturated heterocycles. The number of anilines is 1. The van der Waals surface area contributed by atoms with Crippen LogP contribution in [0.4, 0.5) is 5.69 Å². The number of hydrogen-bond acceptors (Lipinski definition) is 4. The Morgan fingerprint density at radius 1 is 1.16 bits per heavy atom. The lowest BCUT2D eigenvalue weighted by Gasteiger charge is -2.27. The van der Waals surface area contributed by atoms with Gasteiger partial charge >= 0.3 is 0 Å². The minimum absolute atomic E-state index is 0. The summed E-state index contributed by atoms with van der Waals surface area (Å²) < 4.78 is 11.5. The third-order valence-corrected chi connectivity index (χ3v) is 6.20. The van der Waals surface area contributed by atoms with Crippen molar-refractivity contribution in [2.75, 3.05) is 44.8 Å². The maximum atomic E-state index is 11.5. The molecule has 1 aromatic carbocycles. The molecule has 180 valence electrons. The number of aliphatic imine (C=N–C) groups is 1. The number of ether oxygens (including phenoxy) is 2. The van der Waals surface area contributed by atoms with E-state index in [1.54, 1.807) is 0 Å². The van der Waals surface area contributed by atoms with Crippen molar-refractivity contribution >= 4 is 41.5 Å². The van der Waals surface area contributed by atoms with Crippen LogP contribution in [0.3, 0.4) is 0 Å². The maximum Gasteiger partial charge on any atom is 0.224 e. The monoisotopic (exact) mass is 558 g/mol. The second kappa shape index (κ2) is 13.9. The highest BCUT2D eigenvalue weighted by Crippen LogP contribution is 2.41. The van der Waals surface area contributed by atoms with Crippen molar-refractivity contribution < 1.29 is 14.3 Å². The molecule has 0 radical (unpaired) electrons. The number of carbonyl (C=O) groups is 1. The molecule has 3 rings (SSSR count). The summed E-state index contributed by atoms with van der Waals surface area (Å²) in [7, 11) is 0. The minimum atomic E-state index is 0. The summed E-state index contributed by atoms with van der Waals surface area (Å²) in [6.07, 6.45) is 7.46. The molecule has 1 fully saturated rings. The Kier molecular flexibility index (Phi) is 11.6. The van der Waals surface area contributed by atoms with Gasteiger partial charge in [0.15, 0.2) is 5.96 Å². The first-order valence-corrected chi connectivity index (χ1v) is 11.8. The van der Waals surface area contributed by atoms with Gasteiger partial charge in [-0.25, -0.2) is 0 Å². The molecule has 1 amide bonds. The van der Waals surface area contributed by atoms with Gasteiger partial charge in [0.2, 0.25) is 5.91 Å². The van der Waals surface area contributed by atoms with Gasteiger partial charge in [-0.1, -0.05) is 12.8 Å². The van der Waals surface area contributed by atoms with E-state index in [1.807, 2.05) is 18.2 Å². The zero-order valence-corrected chi connectivity index (χ0v) is 21.8. The summed E-state index contributed by atoms with van der Waals surface area (Å²) in [4.78, 5) is 16.4. The summed E-state index contributed by atoms with van der Waals surface area (Å²) in [5, 5.41) is 9.64. The van der Waals surface area contributed by atoms with Crippen LogP contribution in [0, 0.1) is 5.41 Å². The number of nitrogens with one attached hydrogen (secondary N) is 3. The molecule has 1 aliphatic carbocycles. The van der Waals surface area contributed by atoms with Gasteiger partial charge in [-0.2, -0.15) is 0 Å². The van der Waals surface area contributed by atoms with Gasteiger partial charge in [0, 0.05) is 38.4 Å². The van der Waals surface area contributed by atoms with E-state index in [4.69, 9.17) is 14.5 Å². The second-order valence-electron chi connectivity index (χ2n) is 8.49. The molecule has 1 saturated carbocycles. The molecule has 1 aliphatic heterocycles. The van der Waals surface area contributed by atoms with Gasteiger partial charge in [0.05, 0.1) is 6.54 Å². The lowest BCUT2D eigenvalue weighted by Crippen LogP contribution is -2.40. The van der Waals surface area contributed by atoms with Crippen molar-refractivity contribution in [1.82, 2.24) is 10.6 Å². The zero-order chi connectivity index (χ0) is 21.9. The Labute approximate surface area is 209 Å². The summed E-state index contributed by atoms with van der Waals surface area (Å²) in [6.45, 7) is 8.63. The van der Waals surface area contributed by atoms with Crippen molar-refractivity contribution in [3.05, 3.63) is 23.8 Å². The van der Waals surface area contributed by atoms with Crippen LogP contribution in [0.25, 0.3) is 0 Å². The van der Waals surface area contributed by atoms with E-state index in [0.29, 0.717) is 19.6 Å². The molecule has 1 aromatic rings. The number of aryl methyl sites for hydroxylation is 1. The number of hydrogen-bond donors (Lipinski definition) is 3. The van der Waals surface area contributed by atoms with Crippen LogP contribution in [-0.2, 0) is 16.0 Å². The number of halogens is 1. The molecule has 0 bridgehead atoms. The molecule has 8 heteroatoms. The average Bonchev–Trinajstić information content (AvgIpc) is 3.24. The van der Waals surface area contributed by atoms with Crippen molar-refractivity contribution in [2.45, 2.75) is 58.8 Å². The molecule has 0 spiro atoms. The molecule has 0 atom stereocenters. The number of amides is 1. The molecule has 32 heavy (non-hydrogen) atoms. The fourth-order valence-corrected chi connectivity index (χ4v) is 4.42. The van der Waals surface area contributed by atoms with E-state index in [1.165, 1.54) is 25.7 Å². The van der Waals surface area contributed by atoms with E-state index in [2.05, 4.69) is 29.8 Å². The van der Waals surface area contributed by atoms with Crippen LogP contribution in [0.1, 0.15) is 57.9 Å².